The molecule has 2 amide bonds. The van der Waals surface area contributed by atoms with Gasteiger partial charge in [-0.3, -0.25) is 14.5 Å². The Labute approximate surface area is 186 Å². The lowest BCUT2D eigenvalue weighted by molar-refractivity contribution is -0.151. The van der Waals surface area contributed by atoms with E-state index in [0.717, 1.165) is 43.4 Å². The van der Waals surface area contributed by atoms with Crippen LogP contribution in [0.3, 0.4) is 0 Å². The number of hydrogen-bond donors (Lipinski definition) is 2. The number of amides is 2. The average Bonchev–Trinajstić information content (AvgIpc) is 2.72. The predicted molar refractivity (Wildman–Crippen MR) is 118 cm³/mol. The lowest BCUT2D eigenvalue weighted by Crippen LogP contribution is -2.72. The van der Waals surface area contributed by atoms with Crippen molar-refractivity contribution in [2.24, 2.45) is 0 Å². The molecule has 166 valence electrons. The van der Waals surface area contributed by atoms with E-state index >= 15 is 0 Å². The van der Waals surface area contributed by atoms with E-state index < -0.39 is 17.4 Å². The minimum atomic E-state index is -1.10. The van der Waals surface area contributed by atoms with Gasteiger partial charge >= 0.3 is 5.97 Å². The number of nitrogens with one attached hydrogen (secondary N) is 1. The molecule has 0 radical (unpaired) electrons. The minimum Gasteiger partial charge on any atom is -0.494 e. The van der Waals surface area contributed by atoms with Gasteiger partial charge in [0, 0.05) is 5.75 Å². The van der Waals surface area contributed by atoms with Gasteiger partial charge in [0.2, 0.25) is 5.91 Å². The van der Waals surface area contributed by atoms with Crippen molar-refractivity contribution >= 4 is 29.5 Å². The fourth-order valence-electron chi connectivity index (χ4n) is 4.44. The number of fused-ring (bicyclic) bond motifs is 1. The van der Waals surface area contributed by atoms with Gasteiger partial charge in [-0.25, -0.2) is 4.79 Å². The van der Waals surface area contributed by atoms with Crippen LogP contribution in [0.5, 0.6) is 5.75 Å². The molecule has 2 atom stereocenters. The number of carboxylic acids is 1. The molecule has 1 aliphatic carbocycles. The van der Waals surface area contributed by atoms with Crippen molar-refractivity contribution in [1.29, 1.82) is 0 Å². The van der Waals surface area contributed by atoms with Crippen molar-refractivity contribution in [3.63, 3.8) is 0 Å². The molecular formula is C23H28N2O5S. The lowest BCUT2D eigenvalue weighted by Gasteiger charge is -2.51. The highest BCUT2D eigenvalue weighted by Gasteiger charge is 2.56. The van der Waals surface area contributed by atoms with Crippen LogP contribution >= 0.6 is 11.8 Å². The second kappa shape index (κ2) is 8.57. The van der Waals surface area contributed by atoms with Crippen LogP contribution in [0.25, 0.3) is 0 Å². The Balaban J connectivity index is 1.46. The van der Waals surface area contributed by atoms with Crippen molar-refractivity contribution in [2.45, 2.75) is 62.8 Å². The smallest absolute Gasteiger partial charge is 0.352 e. The summed E-state index contributed by atoms with van der Waals surface area (Å²) < 4.78 is 5.72. The molecule has 7 nitrogen and oxygen atoms in total. The predicted octanol–water partition coefficient (Wildman–Crippen LogP) is 3.05. The van der Waals surface area contributed by atoms with E-state index in [4.69, 9.17) is 4.74 Å². The Morgan fingerprint density at radius 3 is 2.58 bits per heavy atom. The van der Waals surface area contributed by atoms with E-state index in [1.165, 1.54) is 16.7 Å². The van der Waals surface area contributed by atoms with E-state index in [1.54, 1.807) is 6.92 Å². The zero-order chi connectivity index (χ0) is 22.2. The summed E-state index contributed by atoms with van der Waals surface area (Å²) in [5.41, 5.74) is 1.02. The van der Waals surface area contributed by atoms with Crippen LogP contribution < -0.4 is 10.1 Å². The van der Waals surface area contributed by atoms with Crippen molar-refractivity contribution < 1.29 is 24.2 Å². The average molecular weight is 445 g/mol. The van der Waals surface area contributed by atoms with Crippen molar-refractivity contribution in [2.75, 3.05) is 12.4 Å². The van der Waals surface area contributed by atoms with Gasteiger partial charge in [-0.05, 0) is 49.5 Å². The number of rotatable bonds is 8. The molecule has 2 N–H and O–H groups in total. The highest BCUT2D eigenvalue weighted by Crippen LogP contribution is 2.46. The van der Waals surface area contributed by atoms with Crippen LogP contribution in [0.15, 0.2) is 35.5 Å². The molecule has 8 heteroatoms. The monoisotopic (exact) mass is 444 g/mol. The number of nitrogens with zero attached hydrogens (tertiary/aromatic N) is 1. The number of unbranched alkanes of at least 4 members (excludes halogenated alkanes) is 1. The quantitative estimate of drug-likeness (QED) is 0.473. The number of benzene rings is 1. The van der Waals surface area contributed by atoms with Gasteiger partial charge < -0.3 is 15.2 Å². The van der Waals surface area contributed by atoms with Gasteiger partial charge in [0.25, 0.3) is 5.91 Å². The number of thioether (sulfide) groups is 1. The summed E-state index contributed by atoms with van der Waals surface area (Å²) >= 11 is 1.49. The second-order valence-corrected chi connectivity index (χ2v) is 9.56. The summed E-state index contributed by atoms with van der Waals surface area (Å²) in [6.45, 7) is 4.52. The molecule has 0 bridgehead atoms. The normalized spacial score (nSPS) is 24.1. The molecule has 1 aromatic carbocycles. The number of hydrogen-bond acceptors (Lipinski definition) is 5. The Hall–Kier alpha value is -2.48. The largest absolute Gasteiger partial charge is 0.494 e. The Bertz CT molecular complexity index is 922. The highest BCUT2D eigenvalue weighted by molar-refractivity contribution is 8.00. The summed E-state index contributed by atoms with van der Waals surface area (Å²) in [5.74, 6) is -0.277. The maximum atomic E-state index is 13.3. The fourth-order valence-corrected chi connectivity index (χ4v) is 5.73. The number of β-lactam (4-membered cyclic amide) rings is 1. The summed E-state index contributed by atoms with van der Waals surface area (Å²) in [6.07, 6.45) is 4.49. The van der Waals surface area contributed by atoms with Gasteiger partial charge in [-0.1, -0.05) is 31.9 Å². The van der Waals surface area contributed by atoms with E-state index in [9.17, 15) is 19.5 Å². The first-order valence-corrected chi connectivity index (χ1v) is 11.9. The number of carbonyl (C=O) groups excluding carboxylic acids is 2. The molecular weight excluding hydrogens is 416 g/mol. The van der Waals surface area contributed by atoms with E-state index in [-0.39, 0.29) is 22.9 Å². The van der Waals surface area contributed by atoms with Gasteiger partial charge in [0.05, 0.1) is 12.0 Å². The highest BCUT2D eigenvalue weighted by atomic mass is 32.2. The van der Waals surface area contributed by atoms with E-state index in [1.807, 2.05) is 24.3 Å². The molecule has 4 rings (SSSR count). The number of aliphatic carboxylic acids is 1. The van der Waals surface area contributed by atoms with Crippen LogP contribution in [0.4, 0.5) is 0 Å². The molecule has 1 saturated heterocycles. The maximum absolute atomic E-state index is 13.3. The van der Waals surface area contributed by atoms with Crippen LogP contribution in [0.2, 0.25) is 0 Å². The molecule has 2 aliphatic heterocycles. The lowest BCUT2D eigenvalue weighted by atomic mass is 9.63. The van der Waals surface area contributed by atoms with Gasteiger partial charge in [0.1, 0.15) is 22.9 Å². The van der Waals surface area contributed by atoms with Crippen molar-refractivity contribution in [3.05, 3.63) is 41.1 Å². The SMILES string of the molecule is CCCCOc1ccc(C2(C(=O)N[C@@H]3C(=O)N4C(C(=O)O)=C(C)CS[C@H]34)CCC2)cc1. The Morgan fingerprint density at radius 1 is 1.29 bits per heavy atom. The first kappa shape index (κ1) is 21.7. The third kappa shape index (κ3) is 3.71. The van der Waals surface area contributed by atoms with Crippen LogP contribution in [0.1, 0.15) is 51.5 Å². The molecule has 1 saturated carbocycles. The summed E-state index contributed by atoms with van der Waals surface area (Å²) in [6, 6.07) is 7.00. The molecule has 0 aromatic heterocycles. The number of carbonyl (C=O) groups is 3. The first-order valence-electron chi connectivity index (χ1n) is 10.8. The van der Waals surface area contributed by atoms with Gasteiger partial charge in [-0.15, -0.1) is 11.8 Å². The topological polar surface area (TPSA) is 95.9 Å². The number of carboxylic acid groups (broad SMARTS) is 1. The molecule has 0 unspecified atom stereocenters. The van der Waals surface area contributed by atoms with E-state index in [0.29, 0.717) is 17.9 Å². The second-order valence-electron chi connectivity index (χ2n) is 8.46. The molecule has 3 aliphatic rings. The molecule has 0 spiro atoms. The third-order valence-corrected chi connectivity index (χ3v) is 7.89. The Morgan fingerprint density at radius 2 is 2.00 bits per heavy atom. The maximum Gasteiger partial charge on any atom is 0.352 e. The van der Waals surface area contributed by atoms with Crippen molar-refractivity contribution in [3.8, 4) is 5.75 Å². The van der Waals surface area contributed by atoms with Crippen LogP contribution in [0, 0.1) is 0 Å². The molecule has 31 heavy (non-hydrogen) atoms. The van der Waals surface area contributed by atoms with Crippen LogP contribution in [-0.2, 0) is 19.8 Å². The zero-order valence-electron chi connectivity index (χ0n) is 17.8. The fraction of sp³-hybridized carbons (Fsp3) is 0.522. The molecule has 2 heterocycles. The standard InChI is InChI=1S/C23H28N2O5S/c1-3-4-12-30-16-8-6-15(7-9-16)23(10-5-11-23)22(29)24-17-19(26)25-18(21(27)28)14(2)13-31-20(17)25/h6-9,17,20H,3-5,10-13H2,1-2H3,(H,24,29)(H,27,28)/t17-,20-/m1/s1. The zero-order valence-corrected chi connectivity index (χ0v) is 18.7. The first-order chi connectivity index (χ1) is 14.9. The summed E-state index contributed by atoms with van der Waals surface area (Å²) in [4.78, 5) is 38.9. The van der Waals surface area contributed by atoms with Gasteiger partial charge in [0.15, 0.2) is 0 Å². The Kier molecular flexibility index (Phi) is 6.01. The number of ether oxygens (including phenoxy) is 1. The minimum absolute atomic E-state index is 0.0521. The molecule has 2 fully saturated rings. The van der Waals surface area contributed by atoms with Crippen LogP contribution in [-0.4, -0.2) is 51.6 Å². The summed E-state index contributed by atoms with van der Waals surface area (Å²) in [7, 11) is 0. The van der Waals surface area contributed by atoms with Crippen molar-refractivity contribution in [1.82, 2.24) is 10.2 Å². The van der Waals surface area contributed by atoms with E-state index in [2.05, 4.69) is 12.2 Å². The molecule has 1 aromatic rings. The van der Waals surface area contributed by atoms with Gasteiger partial charge in [-0.2, -0.15) is 0 Å². The third-order valence-electron chi connectivity index (χ3n) is 6.46. The summed E-state index contributed by atoms with van der Waals surface area (Å²) in [5, 5.41) is 12.1.